The summed E-state index contributed by atoms with van der Waals surface area (Å²) in [4.78, 5) is 21.6. The molecule has 0 unspecified atom stereocenters. The van der Waals surface area contributed by atoms with Gasteiger partial charge >= 0.3 is 0 Å². The lowest BCUT2D eigenvalue weighted by Crippen LogP contribution is -2.20. The van der Waals surface area contributed by atoms with E-state index in [9.17, 15) is 14.9 Å². The number of carbonyl (C=O) groups is 1. The zero-order chi connectivity index (χ0) is 13.0. The van der Waals surface area contributed by atoms with Gasteiger partial charge in [-0.05, 0) is 19.1 Å². The van der Waals surface area contributed by atoms with Crippen LogP contribution < -0.4 is 10.1 Å². The number of methoxy groups -OCH3 is 1. The second-order valence-electron chi connectivity index (χ2n) is 3.25. The third-order valence-electron chi connectivity index (χ3n) is 2.02. The second kappa shape index (κ2) is 5.49. The first-order valence-electron chi connectivity index (χ1n) is 4.73. The zero-order valence-corrected chi connectivity index (χ0v) is 10.0. The summed E-state index contributed by atoms with van der Waals surface area (Å²) in [7, 11) is 1.40. The van der Waals surface area contributed by atoms with Crippen LogP contribution in [0.1, 0.15) is 6.92 Å². The lowest BCUT2D eigenvalue weighted by atomic mass is 10.2. The minimum absolute atomic E-state index is 0.0910. The fourth-order valence-corrected chi connectivity index (χ4v) is 1.18. The van der Waals surface area contributed by atoms with Crippen molar-refractivity contribution in [3.8, 4) is 5.75 Å². The number of halogens is 1. The number of rotatable bonds is 4. The summed E-state index contributed by atoms with van der Waals surface area (Å²) in [5.74, 6) is -0.159. The van der Waals surface area contributed by atoms with E-state index in [0.29, 0.717) is 5.75 Å². The molecule has 0 aliphatic rings. The van der Waals surface area contributed by atoms with Crippen LogP contribution in [0.15, 0.2) is 18.2 Å². The molecule has 0 aliphatic heterocycles. The molecule has 1 rings (SSSR count). The van der Waals surface area contributed by atoms with E-state index < -0.39 is 16.2 Å². The van der Waals surface area contributed by atoms with E-state index in [-0.39, 0.29) is 11.4 Å². The van der Waals surface area contributed by atoms with Crippen LogP contribution in [-0.4, -0.2) is 23.3 Å². The van der Waals surface area contributed by atoms with Crippen molar-refractivity contribution in [2.24, 2.45) is 0 Å². The van der Waals surface area contributed by atoms with Gasteiger partial charge in [0.2, 0.25) is 5.91 Å². The number of hydrogen-bond donors (Lipinski definition) is 1. The van der Waals surface area contributed by atoms with E-state index in [1.807, 2.05) is 0 Å². The maximum Gasteiger partial charge on any atom is 0.296 e. The van der Waals surface area contributed by atoms with Gasteiger partial charge in [-0.2, -0.15) is 0 Å². The number of benzene rings is 1. The summed E-state index contributed by atoms with van der Waals surface area (Å²) < 4.78 is 4.87. The molecular weight excluding hydrogens is 248 g/mol. The second-order valence-corrected chi connectivity index (χ2v) is 3.90. The summed E-state index contributed by atoms with van der Waals surface area (Å²) >= 11 is 5.56. The van der Waals surface area contributed by atoms with E-state index >= 15 is 0 Å². The number of ether oxygens (including phenoxy) is 1. The molecule has 1 atom stereocenters. The Labute approximate surface area is 103 Å². The number of hydrogen-bond acceptors (Lipinski definition) is 4. The van der Waals surface area contributed by atoms with Gasteiger partial charge in [0.15, 0.2) is 0 Å². The van der Waals surface area contributed by atoms with Crippen molar-refractivity contribution in [1.82, 2.24) is 0 Å². The topological polar surface area (TPSA) is 81.5 Å². The third kappa shape index (κ3) is 3.32. The molecule has 1 aromatic rings. The van der Waals surface area contributed by atoms with Crippen LogP contribution >= 0.6 is 11.6 Å². The highest BCUT2D eigenvalue weighted by Gasteiger charge is 2.18. The van der Waals surface area contributed by atoms with Crippen molar-refractivity contribution >= 4 is 28.9 Å². The first-order valence-corrected chi connectivity index (χ1v) is 5.16. The van der Waals surface area contributed by atoms with Gasteiger partial charge in [-0.25, -0.2) is 0 Å². The van der Waals surface area contributed by atoms with Crippen molar-refractivity contribution in [2.45, 2.75) is 12.3 Å². The lowest BCUT2D eigenvalue weighted by molar-refractivity contribution is -0.384. The summed E-state index contributed by atoms with van der Waals surface area (Å²) in [6, 6.07) is 4.14. The van der Waals surface area contributed by atoms with Crippen molar-refractivity contribution in [2.75, 3.05) is 12.4 Å². The predicted molar refractivity (Wildman–Crippen MR) is 63.6 cm³/mol. The number of nitrogens with one attached hydrogen (secondary N) is 1. The van der Waals surface area contributed by atoms with Gasteiger partial charge in [0.05, 0.1) is 18.1 Å². The average molecular weight is 259 g/mol. The Kier molecular flexibility index (Phi) is 4.28. The van der Waals surface area contributed by atoms with Crippen LogP contribution in [0.5, 0.6) is 5.75 Å². The number of nitro groups is 1. The molecule has 6 nitrogen and oxygen atoms in total. The Balaban J connectivity index is 3.06. The Bertz CT molecular complexity index is 448. The van der Waals surface area contributed by atoms with Crippen LogP contribution in [0, 0.1) is 10.1 Å². The number of carbonyl (C=O) groups excluding carboxylic acids is 1. The van der Waals surface area contributed by atoms with Crippen LogP contribution in [0.2, 0.25) is 0 Å². The van der Waals surface area contributed by atoms with Crippen LogP contribution in [0.25, 0.3) is 0 Å². The number of alkyl halides is 1. The molecule has 7 heteroatoms. The van der Waals surface area contributed by atoms with Crippen molar-refractivity contribution in [1.29, 1.82) is 0 Å². The van der Waals surface area contributed by atoms with Gasteiger partial charge in [-0.3, -0.25) is 14.9 Å². The quantitative estimate of drug-likeness (QED) is 0.510. The molecule has 0 heterocycles. The average Bonchev–Trinajstić information content (AvgIpc) is 2.29. The maximum absolute atomic E-state index is 11.3. The van der Waals surface area contributed by atoms with E-state index in [1.165, 1.54) is 32.2 Å². The van der Waals surface area contributed by atoms with Crippen molar-refractivity contribution < 1.29 is 14.5 Å². The minimum atomic E-state index is -0.767. The fourth-order valence-electron chi connectivity index (χ4n) is 1.13. The molecule has 0 radical (unpaired) electrons. The molecule has 17 heavy (non-hydrogen) atoms. The highest BCUT2D eigenvalue weighted by Crippen LogP contribution is 2.29. The molecule has 1 aromatic carbocycles. The van der Waals surface area contributed by atoms with Gasteiger partial charge in [0.1, 0.15) is 16.8 Å². The van der Waals surface area contributed by atoms with E-state index in [0.717, 1.165) is 0 Å². The van der Waals surface area contributed by atoms with Gasteiger partial charge < -0.3 is 10.1 Å². The smallest absolute Gasteiger partial charge is 0.296 e. The number of amides is 1. The summed E-state index contributed by atoms with van der Waals surface area (Å²) in [5.41, 5.74) is -0.150. The number of nitro benzene ring substituents is 1. The number of anilines is 1. The molecule has 0 saturated carbocycles. The Morgan fingerprint density at radius 3 is 2.71 bits per heavy atom. The van der Waals surface area contributed by atoms with Gasteiger partial charge in [0, 0.05) is 0 Å². The zero-order valence-electron chi connectivity index (χ0n) is 9.27. The first-order chi connectivity index (χ1) is 7.95. The van der Waals surface area contributed by atoms with Gasteiger partial charge in [0.25, 0.3) is 5.69 Å². The molecule has 92 valence electrons. The molecular formula is C10H11ClN2O4. The number of nitrogens with zero attached hydrogens (tertiary/aromatic N) is 1. The normalized spacial score (nSPS) is 11.7. The van der Waals surface area contributed by atoms with Gasteiger partial charge in [-0.15, -0.1) is 11.6 Å². The van der Waals surface area contributed by atoms with Crippen molar-refractivity contribution in [3.63, 3.8) is 0 Å². The summed E-state index contributed by atoms with van der Waals surface area (Å²) in [6.07, 6.45) is 0. The standard InChI is InChI=1S/C10H11ClN2O4/c1-6(11)10(14)12-8-4-3-7(17-2)5-9(8)13(15)16/h3-6H,1-2H3,(H,12,14)/t6-/m1/s1. The Hall–Kier alpha value is -1.82. The molecule has 0 fully saturated rings. The van der Waals surface area contributed by atoms with Crippen molar-refractivity contribution in [3.05, 3.63) is 28.3 Å². The molecule has 1 amide bonds. The van der Waals surface area contributed by atoms with Crippen LogP contribution in [0.3, 0.4) is 0 Å². The largest absolute Gasteiger partial charge is 0.496 e. The molecule has 0 aromatic heterocycles. The third-order valence-corrected chi connectivity index (χ3v) is 2.22. The van der Waals surface area contributed by atoms with Crippen LogP contribution in [0.4, 0.5) is 11.4 Å². The van der Waals surface area contributed by atoms with E-state index in [4.69, 9.17) is 16.3 Å². The molecule has 0 bridgehead atoms. The lowest BCUT2D eigenvalue weighted by Gasteiger charge is -2.08. The molecule has 1 N–H and O–H groups in total. The predicted octanol–water partition coefficient (Wildman–Crippen LogP) is 2.17. The highest BCUT2D eigenvalue weighted by molar-refractivity contribution is 6.32. The van der Waals surface area contributed by atoms with E-state index in [2.05, 4.69) is 5.32 Å². The fraction of sp³-hybridized carbons (Fsp3) is 0.300. The summed E-state index contributed by atoms with van der Waals surface area (Å²) in [6.45, 7) is 1.48. The highest BCUT2D eigenvalue weighted by atomic mass is 35.5. The minimum Gasteiger partial charge on any atom is -0.496 e. The molecule has 0 aliphatic carbocycles. The monoisotopic (exact) mass is 258 g/mol. The SMILES string of the molecule is COc1ccc(NC(=O)[C@@H](C)Cl)c([N+](=O)[O-])c1. The van der Waals surface area contributed by atoms with Crippen LogP contribution in [-0.2, 0) is 4.79 Å². The molecule has 0 spiro atoms. The van der Waals surface area contributed by atoms with Gasteiger partial charge in [-0.1, -0.05) is 0 Å². The first kappa shape index (κ1) is 13.2. The maximum atomic E-state index is 11.3. The molecule has 0 saturated heterocycles. The van der Waals surface area contributed by atoms with E-state index in [1.54, 1.807) is 0 Å². The summed E-state index contributed by atoms with van der Waals surface area (Å²) in [5, 5.41) is 12.4. The Morgan fingerprint density at radius 2 is 2.24 bits per heavy atom. The Morgan fingerprint density at radius 1 is 1.59 bits per heavy atom.